The van der Waals surface area contributed by atoms with E-state index >= 15 is 0 Å². The van der Waals surface area contributed by atoms with E-state index in [4.69, 9.17) is 13.9 Å². The third-order valence-corrected chi connectivity index (χ3v) is 6.13. The van der Waals surface area contributed by atoms with Gasteiger partial charge in [0.05, 0.1) is 31.0 Å². The van der Waals surface area contributed by atoms with Crippen LogP contribution in [0, 0.1) is 18.3 Å². The van der Waals surface area contributed by atoms with Crippen LogP contribution in [0.4, 0.5) is 0 Å². The molecule has 3 fully saturated rings. The second-order valence-electron chi connectivity index (χ2n) is 7.54. The number of nitrogens with zero attached hydrogens (tertiary/aromatic N) is 2. The standard InChI is InChI=1S/C19H26N2O5/c1-14-15(2-7-26-14)17(22)21-12-16(18(23)20-5-10-25-11-6-20)19(13-21)3-8-24-9-4-19/h2,7,16H,3-6,8-13H2,1H3/t16-/m0/s1. The van der Waals surface area contributed by atoms with Crippen LogP contribution in [0.3, 0.4) is 0 Å². The molecular formula is C19H26N2O5. The van der Waals surface area contributed by atoms with Crippen molar-refractivity contribution in [2.45, 2.75) is 19.8 Å². The Kier molecular flexibility index (Phi) is 4.75. The lowest BCUT2D eigenvalue weighted by Crippen LogP contribution is -2.49. The van der Waals surface area contributed by atoms with E-state index < -0.39 is 0 Å². The summed E-state index contributed by atoms with van der Waals surface area (Å²) in [5.74, 6) is 0.577. The van der Waals surface area contributed by atoms with E-state index in [-0.39, 0.29) is 23.1 Å². The van der Waals surface area contributed by atoms with Crippen molar-refractivity contribution in [2.24, 2.45) is 11.3 Å². The van der Waals surface area contributed by atoms with E-state index in [2.05, 4.69) is 0 Å². The molecule has 3 aliphatic rings. The van der Waals surface area contributed by atoms with Gasteiger partial charge in [0, 0.05) is 44.8 Å². The van der Waals surface area contributed by atoms with Gasteiger partial charge in [0.25, 0.3) is 5.91 Å². The molecule has 0 unspecified atom stereocenters. The maximum Gasteiger partial charge on any atom is 0.257 e. The molecule has 1 atom stereocenters. The highest BCUT2D eigenvalue weighted by atomic mass is 16.5. The van der Waals surface area contributed by atoms with Crippen LogP contribution in [0.1, 0.15) is 29.0 Å². The Labute approximate surface area is 153 Å². The highest BCUT2D eigenvalue weighted by molar-refractivity contribution is 5.96. The minimum Gasteiger partial charge on any atom is -0.469 e. The zero-order valence-electron chi connectivity index (χ0n) is 15.2. The predicted octanol–water partition coefficient (Wildman–Crippen LogP) is 1.32. The van der Waals surface area contributed by atoms with Crippen molar-refractivity contribution in [1.82, 2.24) is 9.80 Å². The van der Waals surface area contributed by atoms with Crippen LogP contribution in [0.15, 0.2) is 16.7 Å². The van der Waals surface area contributed by atoms with Gasteiger partial charge in [-0.15, -0.1) is 0 Å². The fourth-order valence-corrected chi connectivity index (χ4v) is 4.53. The third-order valence-electron chi connectivity index (χ3n) is 6.13. The monoisotopic (exact) mass is 362 g/mol. The van der Waals surface area contributed by atoms with Crippen LogP contribution in [0.5, 0.6) is 0 Å². The molecule has 0 saturated carbocycles. The zero-order chi connectivity index (χ0) is 18.1. The molecule has 2 amide bonds. The second-order valence-corrected chi connectivity index (χ2v) is 7.54. The summed E-state index contributed by atoms with van der Waals surface area (Å²) in [5, 5.41) is 0. The Morgan fingerprint density at radius 3 is 2.42 bits per heavy atom. The highest BCUT2D eigenvalue weighted by Crippen LogP contribution is 2.45. The van der Waals surface area contributed by atoms with Gasteiger partial charge in [-0.3, -0.25) is 9.59 Å². The number of rotatable bonds is 2. The minimum atomic E-state index is -0.180. The van der Waals surface area contributed by atoms with Crippen LogP contribution in [0.2, 0.25) is 0 Å². The molecule has 1 spiro atoms. The minimum absolute atomic E-state index is 0.0422. The molecule has 7 heteroatoms. The van der Waals surface area contributed by atoms with E-state index in [1.807, 2.05) is 9.80 Å². The zero-order valence-corrected chi connectivity index (χ0v) is 15.2. The lowest BCUT2D eigenvalue weighted by atomic mass is 9.71. The Morgan fingerprint density at radius 2 is 1.77 bits per heavy atom. The first-order valence-corrected chi connectivity index (χ1v) is 9.38. The number of ether oxygens (including phenoxy) is 2. The van der Waals surface area contributed by atoms with Crippen LogP contribution >= 0.6 is 0 Å². The summed E-state index contributed by atoms with van der Waals surface area (Å²) >= 11 is 0. The maximum atomic E-state index is 13.3. The quantitative estimate of drug-likeness (QED) is 0.793. The van der Waals surface area contributed by atoms with Gasteiger partial charge in [0.2, 0.25) is 5.91 Å². The summed E-state index contributed by atoms with van der Waals surface area (Å²) < 4.78 is 16.2. The van der Waals surface area contributed by atoms with Crippen molar-refractivity contribution in [3.8, 4) is 0 Å². The Balaban J connectivity index is 1.57. The van der Waals surface area contributed by atoms with Crippen molar-refractivity contribution in [3.05, 3.63) is 23.7 Å². The molecular weight excluding hydrogens is 336 g/mol. The molecule has 4 heterocycles. The fraction of sp³-hybridized carbons (Fsp3) is 0.684. The molecule has 0 radical (unpaired) electrons. The molecule has 0 aromatic carbocycles. The van der Waals surface area contributed by atoms with Crippen molar-refractivity contribution in [1.29, 1.82) is 0 Å². The van der Waals surface area contributed by atoms with Gasteiger partial charge in [-0.2, -0.15) is 0 Å². The van der Waals surface area contributed by atoms with Gasteiger partial charge >= 0.3 is 0 Å². The molecule has 4 rings (SSSR count). The summed E-state index contributed by atoms with van der Waals surface area (Å²) in [7, 11) is 0. The molecule has 3 aliphatic heterocycles. The number of likely N-dealkylation sites (tertiary alicyclic amines) is 1. The summed E-state index contributed by atoms with van der Waals surface area (Å²) in [5.41, 5.74) is 0.410. The van der Waals surface area contributed by atoms with Gasteiger partial charge in [0.15, 0.2) is 0 Å². The van der Waals surface area contributed by atoms with Crippen molar-refractivity contribution in [2.75, 3.05) is 52.6 Å². The van der Waals surface area contributed by atoms with Crippen LogP contribution in [-0.2, 0) is 14.3 Å². The lowest BCUT2D eigenvalue weighted by Gasteiger charge is -2.39. The first kappa shape index (κ1) is 17.5. The largest absolute Gasteiger partial charge is 0.469 e. The highest BCUT2D eigenvalue weighted by Gasteiger charge is 2.53. The number of aryl methyl sites for hydroxylation is 1. The molecule has 26 heavy (non-hydrogen) atoms. The van der Waals surface area contributed by atoms with Crippen molar-refractivity contribution in [3.63, 3.8) is 0 Å². The maximum absolute atomic E-state index is 13.3. The smallest absolute Gasteiger partial charge is 0.257 e. The number of hydrogen-bond donors (Lipinski definition) is 0. The number of morpholine rings is 1. The number of carbonyl (C=O) groups is 2. The van der Waals surface area contributed by atoms with E-state index in [0.717, 1.165) is 12.8 Å². The van der Waals surface area contributed by atoms with Crippen molar-refractivity contribution < 1.29 is 23.5 Å². The molecule has 7 nitrogen and oxygen atoms in total. The Morgan fingerprint density at radius 1 is 1.08 bits per heavy atom. The SMILES string of the molecule is Cc1occc1C(=O)N1C[C@@H](C(=O)N2CCOCC2)C2(CCOCC2)C1. The molecule has 1 aromatic rings. The third kappa shape index (κ3) is 3.03. The van der Waals surface area contributed by atoms with Gasteiger partial charge < -0.3 is 23.7 Å². The second kappa shape index (κ2) is 7.04. The first-order chi connectivity index (χ1) is 12.6. The summed E-state index contributed by atoms with van der Waals surface area (Å²) in [6.07, 6.45) is 3.18. The lowest BCUT2D eigenvalue weighted by molar-refractivity contribution is -0.144. The average Bonchev–Trinajstić information content (AvgIpc) is 3.26. The van der Waals surface area contributed by atoms with Crippen molar-refractivity contribution >= 4 is 11.8 Å². The topological polar surface area (TPSA) is 72.2 Å². The number of amides is 2. The molecule has 3 saturated heterocycles. The number of hydrogen-bond acceptors (Lipinski definition) is 5. The normalized spacial score (nSPS) is 25.7. The van der Waals surface area contributed by atoms with Crippen LogP contribution < -0.4 is 0 Å². The predicted molar refractivity (Wildman–Crippen MR) is 92.7 cm³/mol. The van der Waals surface area contributed by atoms with Gasteiger partial charge in [-0.05, 0) is 25.8 Å². The Hall–Kier alpha value is -1.86. The molecule has 0 aliphatic carbocycles. The first-order valence-electron chi connectivity index (χ1n) is 9.38. The van der Waals surface area contributed by atoms with E-state index in [9.17, 15) is 9.59 Å². The average molecular weight is 362 g/mol. The van der Waals surface area contributed by atoms with Crippen LogP contribution in [-0.4, -0.2) is 74.2 Å². The molecule has 142 valence electrons. The van der Waals surface area contributed by atoms with Gasteiger partial charge in [0.1, 0.15) is 5.76 Å². The molecule has 1 aromatic heterocycles. The summed E-state index contributed by atoms with van der Waals surface area (Å²) in [6, 6.07) is 1.71. The van der Waals surface area contributed by atoms with Gasteiger partial charge in [-0.1, -0.05) is 0 Å². The van der Waals surface area contributed by atoms with E-state index in [1.54, 1.807) is 19.3 Å². The number of carbonyl (C=O) groups excluding carboxylic acids is 2. The molecule has 0 bridgehead atoms. The van der Waals surface area contributed by atoms with E-state index in [0.29, 0.717) is 63.9 Å². The number of furan rings is 1. The van der Waals surface area contributed by atoms with Crippen LogP contribution in [0.25, 0.3) is 0 Å². The summed E-state index contributed by atoms with van der Waals surface area (Å²) in [4.78, 5) is 30.0. The summed E-state index contributed by atoms with van der Waals surface area (Å²) in [6.45, 7) is 6.63. The molecule has 0 N–H and O–H groups in total. The fourth-order valence-electron chi connectivity index (χ4n) is 4.53. The Bertz CT molecular complexity index is 673. The van der Waals surface area contributed by atoms with Gasteiger partial charge in [-0.25, -0.2) is 0 Å². The van der Waals surface area contributed by atoms with E-state index in [1.165, 1.54) is 0 Å².